The van der Waals surface area contributed by atoms with Gasteiger partial charge in [-0.1, -0.05) is 30.3 Å². The fourth-order valence-electron chi connectivity index (χ4n) is 1.30. The summed E-state index contributed by atoms with van der Waals surface area (Å²) in [6, 6.07) is 9.26. The number of hydrogen-bond donors (Lipinski definition) is 2. The van der Waals surface area contributed by atoms with Crippen molar-refractivity contribution < 1.29 is 9.59 Å². The van der Waals surface area contributed by atoms with Crippen LogP contribution < -0.4 is 10.9 Å². The molecule has 19 heavy (non-hydrogen) atoms. The Kier molecular flexibility index (Phi) is 5.40. The lowest BCUT2D eigenvalue weighted by atomic mass is 10.1. The lowest BCUT2D eigenvalue weighted by Crippen LogP contribution is -2.24. The van der Waals surface area contributed by atoms with Crippen molar-refractivity contribution in [2.24, 2.45) is 10.2 Å². The van der Waals surface area contributed by atoms with Crippen LogP contribution in [-0.4, -0.2) is 23.2 Å². The van der Waals surface area contributed by atoms with E-state index < -0.39 is 0 Å². The SMILES string of the molecule is CC(=O)N/N=C(\C(C)=N\NC(C)=O)c1ccccc1. The lowest BCUT2D eigenvalue weighted by molar-refractivity contribution is -0.119. The minimum atomic E-state index is -0.277. The van der Waals surface area contributed by atoms with E-state index in [0.29, 0.717) is 11.4 Å². The second kappa shape index (κ2) is 7.05. The zero-order valence-corrected chi connectivity index (χ0v) is 11.1. The van der Waals surface area contributed by atoms with Gasteiger partial charge in [0.15, 0.2) is 0 Å². The zero-order chi connectivity index (χ0) is 14.3. The van der Waals surface area contributed by atoms with Crippen molar-refractivity contribution in [1.29, 1.82) is 0 Å². The molecule has 0 saturated carbocycles. The van der Waals surface area contributed by atoms with E-state index in [9.17, 15) is 9.59 Å². The molecule has 100 valence electrons. The van der Waals surface area contributed by atoms with Crippen LogP contribution in [0, 0.1) is 0 Å². The normalized spacial score (nSPS) is 11.9. The standard InChI is InChI=1S/C13H16N4O2/c1-9(14-15-10(2)18)13(17-16-11(3)19)12-7-5-4-6-8-12/h4-8H,1-3H3,(H,15,18)(H,16,19)/b14-9+,17-13+. The van der Waals surface area contributed by atoms with E-state index >= 15 is 0 Å². The number of hydrogen-bond acceptors (Lipinski definition) is 4. The average molecular weight is 260 g/mol. The number of carbonyl (C=O) groups excluding carboxylic acids is 2. The van der Waals surface area contributed by atoms with Gasteiger partial charge in [0, 0.05) is 19.4 Å². The molecule has 1 aromatic rings. The fraction of sp³-hybridized carbons (Fsp3) is 0.231. The summed E-state index contributed by atoms with van der Waals surface area (Å²) in [5, 5.41) is 7.92. The van der Waals surface area contributed by atoms with E-state index in [1.165, 1.54) is 13.8 Å². The van der Waals surface area contributed by atoms with Gasteiger partial charge >= 0.3 is 0 Å². The molecule has 1 aromatic carbocycles. The number of nitrogens with zero attached hydrogens (tertiary/aromatic N) is 2. The van der Waals surface area contributed by atoms with E-state index in [4.69, 9.17) is 0 Å². The molecule has 0 atom stereocenters. The maximum atomic E-state index is 10.9. The van der Waals surface area contributed by atoms with Crippen molar-refractivity contribution in [3.05, 3.63) is 35.9 Å². The second-order valence-electron chi connectivity index (χ2n) is 3.86. The second-order valence-corrected chi connectivity index (χ2v) is 3.86. The Balaban J connectivity index is 3.06. The predicted octanol–water partition coefficient (Wildman–Crippen LogP) is 1.04. The van der Waals surface area contributed by atoms with Crippen LogP contribution in [0.3, 0.4) is 0 Å². The maximum Gasteiger partial charge on any atom is 0.236 e. The van der Waals surface area contributed by atoms with Crippen molar-refractivity contribution in [2.75, 3.05) is 0 Å². The Morgan fingerprint density at radius 3 is 1.95 bits per heavy atom. The zero-order valence-electron chi connectivity index (χ0n) is 11.1. The fourth-order valence-corrected chi connectivity index (χ4v) is 1.30. The Morgan fingerprint density at radius 2 is 1.42 bits per heavy atom. The van der Waals surface area contributed by atoms with E-state index in [2.05, 4.69) is 21.1 Å². The van der Waals surface area contributed by atoms with Crippen LogP contribution >= 0.6 is 0 Å². The molecular weight excluding hydrogens is 244 g/mol. The number of benzene rings is 1. The van der Waals surface area contributed by atoms with E-state index in [1.54, 1.807) is 6.92 Å². The van der Waals surface area contributed by atoms with Gasteiger partial charge in [0.1, 0.15) is 5.71 Å². The van der Waals surface area contributed by atoms with E-state index in [-0.39, 0.29) is 11.8 Å². The number of amides is 2. The summed E-state index contributed by atoms with van der Waals surface area (Å²) in [5.74, 6) is -0.549. The molecule has 0 aliphatic carbocycles. The molecular formula is C13H16N4O2. The van der Waals surface area contributed by atoms with E-state index in [1.807, 2.05) is 30.3 Å². The van der Waals surface area contributed by atoms with Crippen LogP contribution in [0.15, 0.2) is 40.5 Å². The molecule has 0 heterocycles. The quantitative estimate of drug-likeness (QED) is 0.626. The first-order chi connectivity index (χ1) is 9.00. The van der Waals surface area contributed by atoms with Crippen molar-refractivity contribution in [3.63, 3.8) is 0 Å². The number of rotatable bonds is 4. The summed E-state index contributed by atoms with van der Waals surface area (Å²) >= 11 is 0. The highest BCUT2D eigenvalue weighted by atomic mass is 16.2. The summed E-state index contributed by atoms with van der Waals surface area (Å²) in [6.07, 6.45) is 0. The molecule has 0 unspecified atom stereocenters. The Morgan fingerprint density at radius 1 is 0.895 bits per heavy atom. The van der Waals surface area contributed by atoms with Crippen LogP contribution in [0.5, 0.6) is 0 Å². The van der Waals surface area contributed by atoms with E-state index in [0.717, 1.165) is 5.56 Å². The van der Waals surface area contributed by atoms with Crippen LogP contribution in [0.2, 0.25) is 0 Å². The molecule has 0 aliphatic rings. The smallest absolute Gasteiger partial charge is 0.236 e. The summed E-state index contributed by atoms with van der Waals surface area (Å²) in [4.78, 5) is 21.8. The third-order valence-electron chi connectivity index (χ3n) is 2.10. The van der Waals surface area contributed by atoms with Gasteiger partial charge in [0.05, 0.1) is 5.71 Å². The lowest BCUT2D eigenvalue weighted by Gasteiger charge is -2.06. The summed E-state index contributed by atoms with van der Waals surface area (Å²) in [6.45, 7) is 4.43. The molecule has 0 bridgehead atoms. The molecule has 0 fully saturated rings. The van der Waals surface area contributed by atoms with Gasteiger partial charge in [0.25, 0.3) is 0 Å². The molecule has 0 spiro atoms. The third kappa shape index (κ3) is 5.12. The van der Waals surface area contributed by atoms with Gasteiger partial charge in [-0.3, -0.25) is 9.59 Å². The Bertz CT molecular complexity index is 521. The number of carbonyl (C=O) groups is 2. The molecule has 0 radical (unpaired) electrons. The topological polar surface area (TPSA) is 82.9 Å². The molecule has 6 nitrogen and oxygen atoms in total. The molecule has 0 aliphatic heterocycles. The summed E-state index contributed by atoms with van der Waals surface area (Å²) in [7, 11) is 0. The van der Waals surface area contributed by atoms with Crippen LogP contribution in [0.25, 0.3) is 0 Å². The first-order valence-corrected chi connectivity index (χ1v) is 5.71. The summed E-state index contributed by atoms with van der Waals surface area (Å²) < 4.78 is 0. The summed E-state index contributed by atoms with van der Waals surface area (Å²) in [5.41, 5.74) is 6.49. The Hall–Kier alpha value is -2.50. The highest BCUT2D eigenvalue weighted by Gasteiger charge is 2.08. The first-order valence-electron chi connectivity index (χ1n) is 5.71. The molecule has 2 N–H and O–H groups in total. The van der Waals surface area contributed by atoms with Gasteiger partial charge in [-0.15, -0.1) is 0 Å². The maximum absolute atomic E-state index is 10.9. The predicted molar refractivity (Wildman–Crippen MR) is 73.7 cm³/mol. The molecule has 2 amide bonds. The minimum Gasteiger partial charge on any atom is -0.274 e. The highest BCUT2D eigenvalue weighted by Crippen LogP contribution is 2.02. The first kappa shape index (κ1) is 14.6. The van der Waals surface area contributed by atoms with Crippen LogP contribution in [0.1, 0.15) is 26.3 Å². The molecule has 6 heteroatoms. The number of hydrazone groups is 2. The molecule has 1 rings (SSSR count). The monoisotopic (exact) mass is 260 g/mol. The largest absolute Gasteiger partial charge is 0.274 e. The third-order valence-corrected chi connectivity index (χ3v) is 2.10. The molecule has 0 aromatic heterocycles. The average Bonchev–Trinajstić information content (AvgIpc) is 2.37. The van der Waals surface area contributed by atoms with Gasteiger partial charge in [-0.2, -0.15) is 10.2 Å². The van der Waals surface area contributed by atoms with Gasteiger partial charge in [-0.25, -0.2) is 10.9 Å². The van der Waals surface area contributed by atoms with Gasteiger partial charge in [0.2, 0.25) is 11.8 Å². The van der Waals surface area contributed by atoms with Crippen LogP contribution in [0.4, 0.5) is 0 Å². The van der Waals surface area contributed by atoms with Gasteiger partial charge < -0.3 is 0 Å². The van der Waals surface area contributed by atoms with Gasteiger partial charge in [-0.05, 0) is 6.92 Å². The number of nitrogens with one attached hydrogen (secondary N) is 2. The minimum absolute atomic E-state index is 0.272. The van der Waals surface area contributed by atoms with Crippen LogP contribution in [-0.2, 0) is 9.59 Å². The van der Waals surface area contributed by atoms with Crippen molar-refractivity contribution >= 4 is 23.2 Å². The Labute approximate surface area is 111 Å². The van der Waals surface area contributed by atoms with Crippen molar-refractivity contribution in [2.45, 2.75) is 20.8 Å². The van der Waals surface area contributed by atoms with Crippen molar-refractivity contribution in [3.8, 4) is 0 Å². The highest BCUT2D eigenvalue weighted by molar-refractivity contribution is 6.47. The van der Waals surface area contributed by atoms with Crippen molar-refractivity contribution in [1.82, 2.24) is 10.9 Å². The molecule has 0 saturated heterocycles.